The highest BCUT2D eigenvalue weighted by Gasteiger charge is 2.02. The lowest BCUT2D eigenvalue weighted by molar-refractivity contribution is 0.410. The van der Waals surface area contributed by atoms with Gasteiger partial charge in [-0.2, -0.15) is 0 Å². The summed E-state index contributed by atoms with van der Waals surface area (Å²) in [5.74, 6) is 1.74. The van der Waals surface area contributed by atoms with Crippen molar-refractivity contribution in [3.63, 3.8) is 0 Å². The molecular formula is C15H19N3O. The number of para-hydroxylation sites is 1. The van der Waals surface area contributed by atoms with Crippen molar-refractivity contribution in [1.82, 2.24) is 9.97 Å². The van der Waals surface area contributed by atoms with Crippen LogP contribution in [0.2, 0.25) is 0 Å². The van der Waals surface area contributed by atoms with Gasteiger partial charge >= 0.3 is 0 Å². The van der Waals surface area contributed by atoms with Crippen LogP contribution in [0.15, 0.2) is 30.5 Å². The fourth-order valence-electron chi connectivity index (χ4n) is 1.86. The minimum atomic E-state index is 0.803. The van der Waals surface area contributed by atoms with Crippen LogP contribution in [0.5, 0.6) is 5.75 Å². The summed E-state index contributed by atoms with van der Waals surface area (Å²) in [4.78, 5) is 8.73. The third-order valence-corrected chi connectivity index (χ3v) is 3.09. The van der Waals surface area contributed by atoms with E-state index in [1.807, 2.05) is 32.0 Å². The van der Waals surface area contributed by atoms with E-state index in [0.29, 0.717) is 0 Å². The summed E-state index contributed by atoms with van der Waals surface area (Å²) < 4.78 is 5.33. The molecule has 0 atom stereocenters. The Morgan fingerprint density at radius 3 is 2.68 bits per heavy atom. The summed E-state index contributed by atoms with van der Waals surface area (Å²) in [6, 6.07) is 8.05. The molecule has 0 aliphatic rings. The van der Waals surface area contributed by atoms with Crippen LogP contribution < -0.4 is 10.1 Å². The predicted molar refractivity (Wildman–Crippen MR) is 76.7 cm³/mol. The molecule has 0 amide bonds. The van der Waals surface area contributed by atoms with E-state index in [4.69, 9.17) is 4.74 Å². The Labute approximate surface area is 113 Å². The highest BCUT2D eigenvalue weighted by Crippen LogP contribution is 2.17. The van der Waals surface area contributed by atoms with Gasteiger partial charge in [0.05, 0.1) is 24.7 Å². The van der Waals surface area contributed by atoms with Crippen LogP contribution in [-0.4, -0.2) is 23.6 Å². The van der Waals surface area contributed by atoms with Crippen molar-refractivity contribution >= 4 is 5.82 Å². The molecule has 2 aromatic rings. The first-order valence-corrected chi connectivity index (χ1v) is 6.36. The molecular weight excluding hydrogens is 238 g/mol. The number of aryl methyl sites for hydroxylation is 2. The van der Waals surface area contributed by atoms with E-state index in [2.05, 4.69) is 21.4 Å². The van der Waals surface area contributed by atoms with E-state index >= 15 is 0 Å². The zero-order chi connectivity index (χ0) is 13.7. The van der Waals surface area contributed by atoms with Crippen molar-refractivity contribution in [3.05, 3.63) is 47.4 Å². The zero-order valence-corrected chi connectivity index (χ0v) is 11.6. The van der Waals surface area contributed by atoms with Crippen molar-refractivity contribution in [2.45, 2.75) is 20.3 Å². The third kappa shape index (κ3) is 3.44. The lowest BCUT2D eigenvalue weighted by atomic mass is 10.1. The fourth-order valence-corrected chi connectivity index (χ4v) is 1.86. The Hall–Kier alpha value is -2.10. The summed E-state index contributed by atoms with van der Waals surface area (Å²) in [7, 11) is 1.70. The predicted octanol–water partition coefficient (Wildman–Crippen LogP) is 2.76. The number of anilines is 1. The zero-order valence-electron chi connectivity index (χ0n) is 11.6. The van der Waals surface area contributed by atoms with Crippen LogP contribution in [0.3, 0.4) is 0 Å². The summed E-state index contributed by atoms with van der Waals surface area (Å²) >= 11 is 0. The average molecular weight is 257 g/mol. The second-order valence-electron chi connectivity index (χ2n) is 4.41. The number of methoxy groups -OCH3 is 1. The molecule has 1 aromatic heterocycles. The maximum atomic E-state index is 5.33. The van der Waals surface area contributed by atoms with Gasteiger partial charge in [-0.3, -0.25) is 4.98 Å². The largest absolute Gasteiger partial charge is 0.496 e. The molecule has 0 radical (unpaired) electrons. The quantitative estimate of drug-likeness (QED) is 0.894. The molecule has 0 unspecified atom stereocenters. The summed E-state index contributed by atoms with van der Waals surface area (Å²) in [5, 5.41) is 3.28. The Kier molecular flexibility index (Phi) is 4.34. The number of nitrogens with zero attached hydrogens (tertiary/aromatic N) is 2. The molecule has 0 spiro atoms. The van der Waals surface area contributed by atoms with Crippen molar-refractivity contribution in [1.29, 1.82) is 0 Å². The van der Waals surface area contributed by atoms with Gasteiger partial charge in [0.25, 0.3) is 0 Å². The van der Waals surface area contributed by atoms with Gasteiger partial charge in [0.2, 0.25) is 0 Å². The summed E-state index contributed by atoms with van der Waals surface area (Å²) in [5.41, 5.74) is 3.12. The number of nitrogens with one attached hydrogen (secondary N) is 1. The van der Waals surface area contributed by atoms with Crippen molar-refractivity contribution in [2.24, 2.45) is 0 Å². The van der Waals surface area contributed by atoms with Gasteiger partial charge in [-0.25, -0.2) is 4.98 Å². The van der Waals surface area contributed by atoms with Gasteiger partial charge in [-0.1, -0.05) is 18.2 Å². The normalized spacial score (nSPS) is 10.3. The second kappa shape index (κ2) is 6.18. The molecule has 0 aliphatic carbocycles. The topological polar surface area (TPSA) is 47.0 Å². The Morgan fingerprint density at radius 2 is 1.95 bits per heavy atom. The van der Waals surface area contributed by atoms with E-state index in [1.165, 1.54) is 5.56 Å². The number of benzene rings is 1. The average Bonchev–Trinajstić information content (AvgIpc) is 2.43. The van der Waals surface area contributed by atoms with Crippen LogP contribution in [0.25, 0.3) is 0 Å². The van der Waals surface area contributed by atoms with Crippen LogP contribution >= 0.6 is 0 Å². The maximum Gasteiger partial charge on any atom is 0.144 e. The molecule has 100 valence electrons. The molecule has 0 bridgehead atoms. The number of rotatable bonds is 5. The van der Waals surface area contributed by atoms with Crippen molar-refractivity contribution in [2.75, 3.05) is 19.0 Å². The molecule has 1 N–H and O–H groups in total. The number of hydrogen-bond donors (Lipinski definition) is 1. The van der Waals surface area contributed by atoms with E-state index in [1.54, 1.807) is 13.3 Å². The smallest absolute Gasteiger partial charge is 0.144 e. The SMILES string of the molecule is COc1ccccc1CCNc1cnc(C)c(C)n1. The minimum absolute atomic E-state index is 0.803. The minimum Gasteiger partial charge on any atom is -0.496 e. The van der Waals surface area contributed by atoms with E-state index in [-0.39, 0.29) is 0 Å². The highest BCUT2D eigenvalue weighted by molar-refractivity contribution is 5.36. The van der Waals surface area contributed by atoms with Gasteiger partial charge in [0, 0.05) is 6.54 Å². The van der Waals surface area contributed by atoms with Gasteiger partial charge in [-0.05, 0) is 31.9 Å². The van der Waals surface area contributed by atoms with Crippen LogP contribution in [0.1, 0.15) is 17.0 Å². The van der Waals surface area contributed by atoms with E-state index in [9.17, 15) is 0 Å². The van der Waals surface area contributed by atoms with Crippen LogP contribution in [-0.2, 0) is 6.42 Å². The third-order valence-electron chi connectivity index (χ3n) is 3.09. The summed E-state index contributed by atoms with van der Waals surface area (Å²) in [6.45, 7) is 4.73. The monoisotopic (exact) mass is 257 g/mol. The first kappa shape index (κ1) is 13.3. The molecule has 0 saturated heterocycles. The molecule has 1 aromatic carbocycles. The number of aromatic nitrogens is 2. The fraction of sp³-hybridized carbons (Fsp3) is 0.333. The van der Waals surface area contributed by atoms with Gasteiger partial charge in [0.15, 0.2) is 0 Å². The first-order chi connectivity index (χ1) is 9.20. The standard InChI is InChI=1S/C15H19N3O/c1-11-12(2)18-15(10-17-11)16-9-8-13-6-4-5-7-14(13)19-3/h4-7,10H,8-9H2,1-3H3,(H,16,18). The van der Waals surface area contributed by atoms with E-state index < -0.39 is 0 Å². The van der Waals surface area contributed by atoms with Gasteiger partial charge < -0.3 is 10.1 Å². The number of hydrogen-bond acceptors (Lipinski definition) is 4. The molecule has 4 nitrogen and oxygen atoms in total. The molecule has 19 heavy (non-hydrogen) atoms. The Balaban J connectivity index is 1.94. The second-order valence-corrected chi connectivity index (χ2v) is 4.41. The molecule has 4 heteroatoms. The lowest BCUT2D eigenvalue weighted by Gasteiger charge is -2.10. The van der Waals surface area contributed by atoms with Gasteiger partial charge in [-0.15, -0.1) is 0 Å². The Bertz CT molecular complexity index is 555. The molecule has 0 saturated carbocycles. The molecule has 1 heterocycles. The summed E-state index contributed by atoms with van der Waals surface area (Å²) in [6.07, 6.45) is 2.66. The van der Waals surface area contributed by atoms with E-state index in [0.717, 1.165) is 35.9 Å². The maximum absolute atomic E-state index is 5.33. The molecule has 2 rings (SSSR count). The van der Waals surface area contributed by atoms with Gasteiger partial charge in [0.1, 0.15) is 11.6 Å². The highest BCUT2D eigenvalue weighted by atomic mass is 16.5. The van der Waals surface area contributed by atoms with Crippen molar-refractivity contribution < 1.29 is 4.74 Å². The molecule has 0 fully saturated rings. The first-order valence-electron chi connectivity index (χ1n) is 6.36. The van der Waals surface area contributed by atoms with Crippen molar-refractivity contribution in [3.8, 4) is 5.75 Å². The lowest BCUT2D eigenvalue weighted by Crippen LogP contribution is -2.08. The van der Waals surface area contributed by atoms with Crippen LogP contribution in [0.4, 0.5) is 5.82 Å². The Morgan fingerprint density at radius 1 is 1.16 bits per heavy atom. The van der Waals surface area contributed by atoms with Crippen LogP contribution in [0, 0.1) is 13.8 Å². The number of ether oxygens (including phenoxy) is 1. The molecule has 0 aliphatic heterocycles.